The quantitative estimate of drug-likeness (QED) is 0.740. The minimum atomic E-state index is -0.489. The van der Waals surface area contributed by atoms with E-state index in [9.17, 15) is 9.18 Å². The summed E-state index contributed by atoms with van der Waals surface area (Å²) >= 11 is 3.34. The Morgan fingerprint density at radius 2 is 2.09 bits per heavy atom. The average molecular weight is 375 g/mol. The van der Waals surface area contributed by atoms with Crippen LogP contribution in [0.5, 0.6) is 0 Å². The number of nitrogens with one attached hydrogen (secondary N) is 2. The van der Waals surface area contributed by atoms with Crippen LogP contribution in [0.1, 0.15) is 39.7 Å². The van der Waals surface area contributed by atoms with Crippen LogP contribution in [0.15, 0.2) is 22.7 Å². The van der Waals surface area contributed by atoms with Crippen molar-refractivity contribution in [2.24, 2.45) is 0 Å². The molecule has 1 amide bonds. The molecule has 0 bridgehead atoms. The Bertz CT molecular complexity index is 503. The second-order valence-corrected chi connectivity index (χ2v) is 7.10. The fourth-order valence-corrected chi connectivity index (χ4v) is 2.28. The summed E-state index contributed by atoms with van der Waals surface area (Å²) < 4.78 is 18.9. The molecule has 0 saturated heterocycles. The molecule has 0 fully saturated rings. The molecule has 0 heterocycles. The summed E-state index contributed by atoms with van der Waals surface area (Å²) in [4.78, 5) is 11.6. The third kappa shape index (κ3) is 7.75. The molecule has 1 aromatic carbocycles. The smallest absolute Gasteiger partial charge is 0.407 e. The second-order valence-electron chi connectivity index (χ2n) is 6.25. The van der Waals surface area contributed by atoms with E-state index in [0.717, 1.165) is 23.0 Å². The van der Waals surface area contributed by atoms with Crippen molar-refractivity contribution in [1.82, 2.24) is 10.6 Å². The normalized spacial score (nSPS) is 12.8. The Labute approximate surface area is 139 Å². The predicted octanol–water partition coefficient (Wildman–Crippen LogP) is 3.98. The number of alkyl carbamates (subject to hydrolysis) is 1. The van der Waals surface area contributed by atoms with E-state index in [4.69, 9.17) is 4.74 Å². The third-order valence-corrected chi connectivity index (χ3v) is 3.59. The van der Waals surface area contributed by atoms with Gasteiger partial charge in [0.2, 0.25) is 0 Å². The molecular formula is C16H24BrFN2O2. The second kappa shape index (κ2) is 8.48. The number of benzene rings is 1. The van der Waals surface area contributed by atoms with Crippen LogP contribution >= 0.6 is 15.9 Å². The zero-order valence-electron chi connectivity index (χ0n) is 13.5. The van der Waals surface area contributed by atoms with Gasteiger partial charge in [0, 0.05) is 17.1 Å². The van der Waals surface area contributed by atoms with Crippen LogP contribution < -0.4 is 10.6 Å². The summed E-state index contributed by atoms with van der Waals surface area (Å²) in [5.74, 6) is -0.259. The van der Waals surface area contributed by atoms with Gasteiger partial charge in [0.1, 0.15) is 11.4 Å². The highest BCUT2D eigenvalue weighted by Crippen LogP contribution is 2.17. The summed E-state index contributed by atoms with van der Waals surface area (Å²) in [5, 5.41) is 6.06. The standard InChI is InChI=1S/C16H24BrFN2O2/c1-11(20-15(21)22-16(2,3)4)7-8-19-10-12-5-6-13(18)9-14(12)17/h5-6,9,11,19H,7-8,10H2,1-4H3,(H,20,21). The topological polar surface area (TPSA) is 50.4 Å². The lowest BCUT2D eigenvalue weighted by Gasteiger charge is -2.22. The van der Waals surface area contributed by atoms with Crippen molar-refractivity contribution in [3.63, 3.8) is 0 Å². The molecule has 1 unspecified atom stereocenters. The van der Waals surface area contributed by atoms with E-state index in [1.54, 1.807) is 6.07 Å². The molecule has 4 nitrogen and oxygen atoms in total. The molecule has 124 valence electrons. The van der Waals surface area contributed by atoms with Crippen LogP contribution in [-0.4, -0.2) is 24.3 Å². The van der Waals surface area contributed by atoms with E-state index in [2.05, 4.69) is 26.6 Å². The molecule has 2 N–H and O–H groups in total. The number of halogens is 2. The van der Waals surface area contributed by atoms with Crippen LogP contribution in [-0.2, 0) is 11.3 Å². The van der Waals surface area contributed by atoms with Gasteiger partial charge in [0.25, 0.3) is 0 Å². The fourth-order valence-electron chi connectivity index (χ4n) is 1.79. The summed E-state index contributed by atoms with van der Waals surface area (Å²) in [6.07, 6.45) is 0.374. The Morgan fingerprint density at radius 1 is 1.41 bits per heavy atom. The monoisotopic (exact) mass is 374 g/mol. The molecule has 1 atom stereocenters. The van der Waals surface area contributed by atoms with Gasteiger partial charge in [-0.25, -0.2) is 9.18 Å². The lowest BCUT2D eigenvalue weighted by Crippen LogP contribution is -2.38. The third-order valence-electron chi connectivity index (χ3n) is 2.85. The minimum absolute atomic E-state index is 0.0130. The largest absolute Gasteiger partial charge is 0.444 e. The number of hydrogen-bond acceptors (Lipinski definition) is 3. The van der Waals surface area contributed by atoms with Crippen molar-refractivity contribution in [1.29, 1.82) is 0 Å². The summed E-state index contributed by atoms with van der Waals surface area (Å²) in [6, 6.07) is 4.64. The number of carbonyl (C=O) groups is 1. The zero-order chi connectivity index (χ0) is 16.8. The van der Waals surface area contributed by atoms with Gasteiger partial charge in [0.15, 0.2) is 0 Å². The molecular weight excluding hydrogens is 351 g/mol. The van der Waals surface area contributed by atoms with Crippen LogP contribution in [0.25, 0.3) is 0 Å². The van der Waals surface area contributed by atoms with E-state index in [1.807, 2.05) is 27.7 Å². The number of rotatable bonds is 6. The number of carbonyl (C=O) groups excluding carboxylic acids is 1. The van der Waals surface area contributed by atoms with Crippen molar-refractivity contribution in [2.45, 2.75) is 52.3 Å². The van der Waals surface area contributed by atoms with Crippen LogP contribution in [0.4, 0.5) is 9.18 Å². The van der Waals surface area contributed by atoms with Gasteiger partial charge in [-0.05, 0) is 58.4 Å². The zero-order valence-corrected chi connectivity index (χ0v) is 15.1. The van der Waals surface area contributed by atoms with Crippen molar-refractivity contribution < 1.29 is 13.9 Å². The number of amides is 1. The fraction of sp³-hybridized carbons (Fsp3) is 0.562. The lowest BCUT2D eigenvalue weighted by atomic mass is 10.2. The number of ether oxygens (including phenoxy) is 1. The van der Waals surface area contributed by atoms with Crippen molar-refractivity contribution >= 4 is 22.0 Å². The van der Waals surface area contributed by atoms with E-state index in [1.165, 1.54) is 12.1 Å². The first-order valence-corrected chi connectivity index (χ1v) is 8.11. The molecule has 22 heavy (non-hydrogen) atoms. The molecule has 0 aliphatic heterocycles. The maximum atomic E-state index is 13.0. The SMILES string of the molecule is CC(CCNCc1ccc(F)cc1Br)NC(=O)OC(C)(C)C. The molecule has 0 radical (unpaired) electrons. The highest BCUT2D eigenvalue weighted by molar-refractivity contribution is 9.10. The Balaban J connectivity index is 2.25. The van der Waals surface area contributed by atoms with E-state index in [-0.39, 0.29) is 11.9 Å². The molecule has 0 aromatic heterocycles. The Kier molecular flexibility index (Phi) is 7.29. The van der Waals surface area contributed by atoms with Crippen LogP contribution in [0.3, 0.4) is 0 Å². The first-order chi connectivity index (χ1) is 10.2. The van der Waals surface area contributed by atoms with E-state index < -0.39 is 11.7 Å². The molecule has 1 aromatic rings. The lowest BCUT2D eigenvalue weighted by molar-refractivity contribution is 0.0506. The van der Waals surface area contributed by atoms with Gasteiger partial charge in [-0.3, -0.25) is 0 Å². The maximum absolute atomic E-state index is 13.0. The molecule has 0 spiro atoms. The maximum Gasteiger partial charge on any atom is 0.407 e. The summed E-state index contributed by atoms with van der Waals surface area (Å²) in [5.41, 5.74) is 0.505. The molecule has 0 saturated carbocycles. The molecule has 6 heteroatoms. The van der Waals surface area contributed by atoms with Gasteiger partial charge in [-0.15, -0.1) is 0 Å². The minimum Gasteiger partial charge on any atom is -0.444 e. The molecule has 0 aliphatic rings. The van der Waals surface area contributed by atoms with Crippen LogP contribution in [0, 0.1) is 5.82 Å². The predicted molar refractivity (Wildman–Crippen MR) is 89.3 cm³/mol. The van der Waals surface area contributed by atoms with Crippen molar-refractivity contribution in [2.75, 3.05) is 6.54 Å². The Morgan fingerprint density at radius 3 is 2.68 bits per heavy atom. The molecule has 1 rings (SSSR count). The summed E-state index contributed by atoms with van der Waals surface area (Å²) in [7, 11) is 0. The van der Waals surface area contributed by atoms with E-state index in [0.29, 0.717) is 6.54 Å². The van der Waals surface area contributed by atoms with Gasteiger partial charge in [0.05, 0.1) is 0 Å². The van der Waals surface area contributed by atoms with Gasteiger partial charge in [-0.2, -0.15) is 0 Å². The average Bonchev–Trinajstić information content (AvgIpc) is 2.34. The van der Waals surface area contributed by atoms with Crippen LogP contribution in [0.2, 0.25) is 0 Å². The number of hydrogen-bond donors (Lipinski definition) is 2. The highest BCUT2D eigenvalue weighted by atomic mass is 79.9. The Hall–Kier alpha value is -1.14. The highest BCUT2D eigenvalue weighted by Gasteiger charge is 2.17. The van der Waals surface area contributed by atoms with Gasteiger partial charge < -0.3 is 15.4 Å². The first kappa shape index (κ1) is 18.9. The summed E-state index contributed by atoms with van der Waals surface area (Å²) in [6.45, 7) is 8.80. The van der Waals surface area contributed by atoms with Crippen molar-refractivity contribution in [3.8, 4) is 0 Å². The van der Waals surface area contributed by atoms with Gasteiger partial charge >= 0.3 is 6.09 Å². The first-order valence-electron chi connectivity index (χ1n) is 7.31. The van der Waals surface area contributed by atoms with Crippen molar-refractivity contribution in [3.05, 3.63) is 34.1 Å². The van der Waals surface area contributed by atoms with Gasteiger partial charge in [-0.1, -0.05) is 22.0 Å². The van der Waals surface area contributed by atoms with E-state index >= 15 is 0 Å². The molecule has 0 aliphatic carbocycles.